The fourth-order valence-electron chi connectivity index (χ4n) is 4.37. The van der Waals surface area contributed by atoms with E-state index in [0.29, 0.717) is 11.7 Å². The number of carbonyl (C=O) groups excluding carboxylic acids is 1. The van der Waals surface area contributed by atoms with Crippen molar-refractivity contribution in [1.82, 2.24) is 20.4 Å². The predicted octanol–water partition coefficient (Wildman–Crippen LogP) is 2.30. The third-order valence-corrected chi connectivity index (χ3v) is 5.76. The lowest BCUT2D eigenvalue weighted by atomic mass is 9.98. The molecule has 1 unspecified atom stereocenters. The van der Waals surface area contributed by atoms with Crippen molar-refractivity contribution in [2.75, 3.05) is 13.6 Å². The van der Waals surface area contributed by atoms with Crippen LogP contribution in [0.2, 0.25) is 0 Å². The Bertz CT molecular complexity index is 1070. The zero-order chi connectivity index (χ0) is 20.5. The molecule has 150 valence electrons. The van der Waals surface area contributed by atoms with E-state index in [9.17, 15) is 9.18 Å². The minimum absolute atomic E-state index is 0.0369. The first-order valence-electron chi connectivity index (χ1n) is 9.35. The lowest BCUT2D eigenvalue weighted by Gasteiger charge is -2.30. The number of aromatic amines is 1. The number of Topliss-reactive ketones (excluding diaryl/α,β-unsaturated/α-hetero) is 1. The molecule has 3 atom stereocenters. The smallest absolute Gasteiger partial charge is 0.290 e. The molecule has 0 saturated carbocycles. The van der Waals surface area contributed by atoms with Gasteiger partial charge in [0.15, 0.2) is 0 Å². The van der Waals surface area contributed by atoms with Gasteiger partial charge in [-0.05, 0) is 48.9 Å². The fourth-order valence-corrected chi connectivity index (χ4v) is 4.37. The number of likely N-dealkylation sites (N-methyl/N-ethyl adjacent to an activating group) is 1. The summed E-state index contributed by atoms with van der Waals surface area (Å²) in [5, 5.41) is 18.4. The van der Waals surface area contributed by atoms with Gasteiger partial charge in [0.1, 0.15) is 11.5 Å². The summed E-state index contributed by atoms with van der Waals surface area (Å²) in [5.74, 6) is -0.240. The molecule has 3 heterocycles. The highest BCUT2D eigenvalue weighted by molar-refractivity contribution is 6.09. The molecule has 2 bridgehead atoms. The zero-order valence-corrected chi connectivity index (χ0v) is 15.8. The quantitative estimate of drug-likeness (QED) is 0.464. The molecule has 0 amide bonds. The number of fused-ring (bicyclic) bond motifs is 3. The van der Waals surface area contributed by atoms with E-state index in [2.05, 4.69) is 20.4 Å². The molecule has 0 radical (unpaired) electrons. The van der Waals surface area contributed by atoms with Gasteiger partial charge in [-0.25, -0.2) is 4.39 Å². The average Bonchev–Trinajstić information content (AvgIpc) is 3.42. The molecular weight excluding hydrogens is 375 g/mol. The van der Waals surface area contributed by atoms with Crippen molar-refractivity contribution >= 4 is 23.2 Å². The molecule has 2 aliphatic rings. The molecule has 3 aromatic rings. The number of piperazine rings is 1. The normalized spacial score (nSPS) is 23.0. The molecule has 5 rings (SSSR count). The largest absolute Gasteiger partial charge is 0.483 e. The first-order chi connectivity index (χ1) is 14.0. The van der Waals surface area contributed by atoms with Crippen LogP contribution in [0.15, 0.2) is 42.5 Å². The van der Waals surface area contributed by atoms with Crippen molar-refractivity contribution in [2.45, 2.75) is 24.5 Å². The molecule has 1 aromatic heterocycles. The van der Waals surface area contributed by atoms with Gasteiger partial charge in [-0.3, -0.25) is 19.6 Å². The molecule has 8 heteroatoms. The fraction of sp³-hybridized carbons (Fsp3) is 0.286. The maximum atomic E-state index is 13.6. The van der Waals surface area contributed by atoms with E-state index in [1.807, 2.05) is 31.3 Å². The Balaban J connectivity index is 0.000000645. The van der Waals surface area contributed by atoms with Gasteiger partial charge in [0.2, 0.25) is 5.78 Å². The summed E-state index contributed by atoms with van der Waals surface area (Å²) in [6.45, 7) is 0.690. The molecule has 2 saturated heterocycles. The van der Waals surface area contributed by atoms with Gasteiger partial charge in [0.25, 0.3) is 6.47 Å². The summed E-state index contributed by atoms with van der Waals surface area (Å²) in [5.41, 5.74) is 2.92. The van der Waals surface area contributed by atoms with Gasteiger partial charge >= 0.3 is 0 Å². The van der Waals surface area contributed by atoms with Crippen LogP contribution in [-0.4, -0.2) is 64.2 Å². The second kappa shape index (κ2) is 7.73. The van der Waals surface area contributed by atoms with Crippen molar-refractivity contribution in [2.24, 2.45) is 0 Å². The monoisotopic (exact) mass is 396 g/mol. The van der Waals surface area contributed by atoms with Crippen LogP contribution in [0.3, 0.4) is 0 Å². The number of hydrogen-bond acceptors (Lipinski definition) is 5. The Morgan fingerprint density at radius 3 is 2.72 bits per heavy atom. The number of hydrogen-bond donors (Lipinski definition) is 3. The molecular formula is C21H21FN4O3. The standard InChI is InChI=1S/C20H19FN4O.CH2O2/c1-25-14-9-17(22-10-14)19(25)20(26)18-15-8-12(5-6-16(15)23-24-18)11-3-2-4-13(21)7-11;2-1-3/h2-8,14,17,19,22H,9-10H2,1H3,(H,23,24);1H,(H,2,3)/t14-,17+,19?;/m0./s1. The topological polar surface area (TPSA) is 98.3 Å². The molecule has 2 aliphatic heterocycles. The van der Waals surface area contributed by atoms with E-state index < -0.39 is 0 Å². The minimum atomic E-state index is -0.277. The number of ketones is 1. The Labute approximate surface area is 166 Å². The van der Waals surface area contributed by atoms with Gasteiger partial charge in [-0.2, -0.15) is 5.10 Å². The summed E-state index contributed by atoms with van der Waals surface area (Å²) < 4.78 is 13.6. The highest BCUT2D eigenvalue weighted by Crippen LogP contribution is 2.32. The van der Waals surface area contributed by atoms with Crippen LogP contribution in [-0.2, 0) is 4.79 Å². The van der Waals surface area contributed by atoms with Crippen LogP contribution in [0.4, 0.5) is 4.39 Å². The maximum Gasteiger partial charge on any atom is 0.290 e. The molecule has 0 spiro atoms. The lowest BCUT2D eigenvalue weighted by Crippen LogP contribution is -2.53. The number of likely N-dealkylation sites (tertiary alicyclic amines) is 1. The van der Waals surface area contributed by atoms with Gasteiger partial charge in [0, 0.05) is 24.0 Å². The molecule has 2 aromatic carbocycles. The van der Waals surface area contributed by atoms with Crippen LogP contribution in [0.1, 0.15) is 16.9 Å². The van der Waals surface area contributed by atoms with Crippen molar-refractivity contribution in [3.63, 3.8) is 0 Å². The number of aromatic nitrogens is 2. The number of nitrogens with one attached hydrogen (secondary N) is 2. The number of nitrogens with zero attached hydrogens (tertiary/aromatic N) is 2. The molecule has 2 fully saturated rings. The number of benzene rings is 2. The van der Waals surface area contributed by atoms with Crippen molar-refractivity contribution < 1.29 is 19.1 Å². The van der Waals surface area contributed by atoms with Crippen LogP contribution < -0.4 is 5.32 Å². The number of rotatable bonds is 3. The van der Waals surface area contributed by atoms with Crippen molar-refractivity contribution in [1.29, 1.82) is 0 Å². The Kier molecular flexibility index (Phi) is 5.12. The molecule has 7 nitrogen and oxygen atoms in total. The second-order valence-corrected chi connectivity index (χ2v) is 7.33. The van der Waals surface area contributed by atoms with Gasteiger partial charge < -0.3 is 10.4 Å². The van der Waals surface area contributed by atoms with Crippen LogP contribution in [0, 0.1) is 5.82 Å². The third-order valence-electron chi connectivity index (χ3n) is 5.76. The van der Waals surface area contributed by atoms with E-state index in [-0.39, 0.29) is 30.2 Å². The highest BCUT2D eigenvalue weighted by Gasteiger charge is 2.48. The van der Waals surface area contributed by atoms with E-state index in [4.69, 9.17) is 9.90 Å². The van der Waals surface area contributed by atoms with E-state index >= 15 is 0 Å². The van der Waals surface area contributed by atoms with Crippen molar-refractivity contribution in [3.05, 3.63) is 54.0 Å². The van der Waals surface area contributed by atoms with Gasteiger partial charge in [-0.1, -0.05) is 18.2 Å². The first-order valence-corrected chi connectivity index (χ1v) is 9.35. The van der Waals surface area contributed by atoms with Gasteiger partial charge in [0.05, 0.1) is 11.6 Å². The van der Waals surface area contributed by atoms with Crippen LogP contribution in [0.25, 0.3) is 22.0 Å². The third kappa shape index (κ3) is 3.41. The summed E-state index contributed by atoms with van der Waals surface area (Å²) in [6.07, 6.45) is 1.00. The number of H-pyrrole nitrogens is 1. The van der Waals surface area contributed by atoms with Crippen LogP contribution in [0.5, 0.6) is 0 Å². The molecule has 29 heavy (non-hydrogen) atoms. The first kappa shape index (κ1) is 19.2. The number of halogens is 1. The van der Waals surface area contributed by atoms with Crippen LogP contribution >= 0.6 is 0 Å². The van der Waals surface area contributed by atoms with E-state index in [1.165, 1.54) is 12.1 Å². The summed E-state index contributed by atoms with van der Waals surface area (Å²) in [6, 6.07) is 12.6. The number of carboxylic acid groups (broad SMARTS) is 1. The lowest BCUT2D eigenvalue weighted by molar-refractivity contribution is -0.122. The maximum absolute atomic E-state index is 13.6. The minimum Gasteiger partial charge on any atom is -0.483 e. The highest BCUT2D eigenvalue weighted by atomic mass is 19.1. The zero-order valence-electron chi connectivity index (χ0n) is 15.8. The van der Waals surface area contributed by atoms with E-state index in [0.717, 1.165) is 35.0 Å². The Morgan fingerprint density at radius 1 is 1.28 bits per heavy atom. The summed E-state index contributed by atoms with van der Waals surface area (Å²) in [7, 11) is 2.01. The summed E-state index contributed by atoms with van der Waals surface area (Å²) >= 11 is 0. The van der Waals surface area contributed by atoms with Crippen molar-refractivity contribution in [3.8, 4) is 11.1 Å². The molecule has 0 aliphatic carbocycles. The Hall–Kier alpha value is -3.10. The average molecular weight is 396 g/mol. The second-order valence-electron chi connectivity index (χ2n) is 7.33. The number of carbonyl (C=O) groups is 2. The van der Waals surface area contributed by atoms with Gasteiger partial charge in [-0.15, -0.1) is 0 Å². The van der Waals surface area contributed by atoms with E-state index in [1.54, 1.807) is 6.07 Å². The summed E-state index contributed by atoms with van der Waals surface area (Å²) in [4.78, 5) is 23.7. The predicted molar refractivity (Wildman–Crippen MR) is 106 cm³/mol. The SMILES string of the molecule is CN1C(C(=O)c2n[nH]c3ccc(-c4cccc(F)c4)cc23)[C@H]2C[C@H]1CN2.O=CO. The molecule has 3 N–H and O–H groups in total. The Morgan fingerprint density at radius 2 is 2.03 bits per heavy atom.